The predicted octanol–water partition coefficient (Wildman–Crippen LogP) is 4.29. The van der Waals surface area contributed by atoms with E-state index in [0.717, 1.165) is 54.9 Å². The van der Waals surface area contributed by atoms with Crippen molar-refractivity contribution in [2.75, 3.05) is 13.7 Å². The minimum atomic E-state index is -0.934. The van der Waals surface area contributed by atoms with Crippen LogP contribution in [0.15, 0.2) is 30.3 Å². The maximum Gasteiger partial charge on any atom is 0.404 e. The number of aryl methyl sites for hydroxylation is 2. The van der Waals surface area contributed by atoms with Gasteiger partial charge in [0.2, 0.25) is 0 Å². The van der Waals surface area contributed by atoms with E-state index in [-0.39, 0.29) is 0 Å². The molecule has 1 aliphatic rings. The molecule has 1 aromatic heterocycles. The summed E-state index contributed by atoms with van der Waals surface area (Å²) in [6.07, 6.45) is 3.29. The number of pyridine rings is 1. The summed E-state index contributed by atoms with van der Waals surface area (Å²) < 4.78 is 5.58. The summed E-state index contributed by atoms with van der Waals surface area (Å²) in [5.74, 6) is 1.34. The van der Waals surface area contributed by atoms with E-state index in [1.807, 2.05) is 19.9 Å². The fourth-order valence-electron chi connectivity index (χ4n) is 4.15. The lowest BCUT2D eigenvalue weighted by molar-refractivity contribution is 0.189. The molecule has 2 aromatic rings. The van der Waals surface area contributed by atoms with Crippen molar-refractivity contribution in [1.82, 2.24) is 15.6 Å². The first-order valence-electron chi connectivity index (χ1n) is 10.3. The van der Waals surface area contributed by atoms with Crippen LogP contribution in [-0.2, 0) is 6.54 Å². The van der Waals surface area contributed by atoms with Crippen molar-refractivity contribution in [2.24, 2.45) is 5.92 Å². The van der Waals surface area contributed by atoms with Crippen LogP contribution in [0.4, 0.5) is 4.79 Å². The van der Waals surface area contributed by atoms with E-state index >= 15 is 0 Å². The molecule has 1 fully saturated rings. The first-order valence-corrected chi connectivity index (χ1v) is 10.3. The molecule has 29 heavy (non-hydrogen) atoms. The molecule has 0 bridgehead atoms. The van der Waals surface area contributed by atoms with Gasteiger partial charge in [-0.05, 0) is 80.8 Å². The van der Waals surface area contributed by atoms with Crippen LogP contribution < -0.4 is 15.4 Å². The molecule has 3 rings (SSSR count). The Morgan fingerprint density at radius 3 is 2.41 bits per heavy atom. The normalized spacial score (nSPS) is 19.0. The lowest BCUT2D eigenvalue weighted by Crippen LogP contribution is -2.36. The number of benzene rings is 1. The van der Waals surface area contributed by atoms with Gasteiger partial charge in [-0.25, -0.2) is 4.79 Å². The molecular formula is C23H31N3O3. The van der Waals surface area contributed by atoms with Crippen molar-refractivity contribution >= 4 is 6.09 Å². The molecule has 1 saturated carbocycles. The van der Waals surface area contributed by atoms with E-state index in [2.05, 4.69) is 39.9 Å². The molecular weight excluding hydrogens is 366 g/mol. The fraction of sp³-hybridized carbons (Fsp3) is 0.478. The molecule has 6 heteroatoms. The van der Waals surface area contributed by atoms with Crippen LogP contribution in [0.3, 0.4) is 0 Å². The van der Waals surface area contributed by atoms with E-state index < -0.39 is 6.09 Å². The minimum Gasteiger partial charge on any atom is -0.496 e. The maximum absolute atomic E-state index is 10.7. The van der Waals surface area contributed by atoms with Crippen molar-refractivity contribution in [3.8, 4) is 16.9 Å². The summed E-state index contributed by atoms with van der Waals surface area (Å²) in [6.45, 7) is 5.35. The summed E-state index contributed by atoms with van der Waals surface area (Å²) in [6, 6.07) is 11.0. The Morgan fingerprint density at radius 1 is 1.10 bits per heavy atom. The second-order valence-corrected chi connectivity index (χ2v) is 7.95. The molecule has 1 aliphatic carbocycles. The van der Waals surface area contributed by atoms with Crippen LogP contribution >= 0.6 is 0 Å². The van der Waals surface area contributed by atoms with Crippen LogP contribution in [0.25, 0.3) is 11.1 Å². The summed E-state index contributed by atoms with van der Waals surface area (Å²) >= 11 is 0. The summed E-state index contributed by atoms with van der Waals surface area (Å²) in [5, 5.41) is 14.9. The van der Waals surface area contributed by atoms with Gasteiger partial charge in [-0.3, -0.25) is 4.98 Å². The average Bonchev–Trinajstić information content (AvgIpc) is 2.70. The molecule has 0 spiro atoms. The van der Waals surface area contributed by atoms with E-state index in [9.17, 15) is 4.79 Å². The monoisotopic (exact) mass is 397 g/mol. The standard InChI is InChI=1S/C23H31N3O3/c1-15-10-19(11-16(2)26-15)18-6-9-22(29-3)20(12-18)14-24-21-7-4-17(5-8-21)13-25-23(27)28/h6,9-12,17,21,24-25H,4-5,7-8,13-14H2,1-3H3,(H,27,28). The highest BCUT2D eigenvalue weighted by molar-refractivity contribution is 5.66. The van der Waals surface area contributed by atoms with E-state index in [0.29, 0.717) is 18.5 Å². The Bertz CT molecular complexity index is 825. The zero-order valence-electron chi connectivity index (χ0n) is 17.5. The third-order valence-electron chi connectivity index (χ3n) is 5.67. The van der Waals surface area contributed by atoms with E-state index in [1.54, 1.807) is 7.11 Å². The SMILES string of the molecule is COc1ccc(-c2cc(C)nc(C)c2)cc1CNC1CCC(CNC(=O)O)CC1. The van der Waals surface area contributed by atoms with Crippen LogP contribution in [-0.4, -0.2) is 35.9 Å². The highest BCUT2D eigenvalue weighted by atomic mass is 16.5. The van der Waals surface area contributed by atoms with Gasteiger partial charge in [-0.15, -0.1) is 0 Å². The average molecular weight is 398 g/mol. The molecule has 0 aliphatic heterocycles. The number of nitrogens with one attached hydrogen (secondary N) is 2. The molecule has 1 amide bonds. The second-order valence-electron chi connectivity index (χ2n) is 7.95. The predicted molar refractivity (Wildman–Crippen MR) is 114 cm³/mol. The number of rotatable bonds is 7. The Hall–Kier alpha value is -2.60. The van der Waals surface area contributed by atoms with Gasteiger partial charge in [0.15, 0.2) is 0 Å². The molecule has 1 heterocycles. The van der Waals surface area contributed by atoms with Crippen molar-refractivity contribution in [2.45, 2.75) is 52.1 Å². The summed E-state index contributed by atoms with van der Waals surface area (Å²) in [7, 11) is 1.71. The van der Waals surface area contributed by atoms with Crippen molar-refractivity contribution < 1.29 is 14.6 Å². The van der Waals surface area contributed by atoms with Crippen molar-refractivity contribution in [3.63, 3.8) is 0 Å². The minimum absolute atomic E-state index is 0.445. The fourth-order valence-corrected chi connectivity index (χ4v) is 4.15. The van der Waals surface area contributed by atoms with Gasteiger partial charge in [-0.2, -0.15) is 0 Å². The maximum atomic E-state index is 10.7. The van der Waals surface area contributed by atoms with Crippen LogP contribution in [0.1, 0.15) is 42.6 Å². The quantitative estimate of drug-likeness (QED) is 0.649. The van der Waals surface area contributed by atoms with Gasteiger partial charge in [0, 0.05) is 36.1 Å². The Labute approximate surface area is 172 Å². The molecule has 0 saturated heterocycles. The van der Waals surface area contributed by atoms with Gasteiger partial charge in [0.1, 0.15) is 5.75 Å². The zero-order chi connectivity index (χ0) is 20.8. The molecule has 0 radical (unpaired) electrons. The van der Waals surface area contributed by atoms with Crippen LogP contribution in [0.2, 0.25) is 0 Å². The smallest absolute Gasteiger partial charge is 0.404 e. The lowest BCUT2D eigenvalue weighted by atomic mass is 9.86. The zero-order valence-corrected chi connectivity index (χ0v) is 17.5. The largest absolute Gasteiger partial charge is 0.496 e. The van der Waals surface area contributed by atoms with E-state index in [1.165, 1.54) is 11.1 Å². The first kappa shape index (κ1) is 21.1. The van der Waals surface area contributed by atoms with Gasteiger partial charge in [0.05, 0.1) is 7.11 Å². The number of aromatic nitrogens is 1. The van der Waals surface area contributed by atoms with Gasteiger partial charge in [0.25, 0.3) is 0 Å². The molecule has 6 nitrogen and oxygen atoms in total. The number of carbonyl (C=O) groups is 1. The third kappa shape index (κ3) is 5.94. The number of carboxylic acid groups (broad SMARTS) is 1. The topological polar surface area (TPSA) is 83.5 Å². The van der Waals surface area contributed by atoms with Crippen LogP contribution in [0.5, 0.6) is 5.75 Å². The van der Waals surface area contributed by atoms with Gasteiger partial charge in [-0.1, -0.05) is 6.07 Å². The number of hydrogen-bond donors (Lipinski definition) is 3. The summed E-state index contributed by atoms with van der Waals surface area (Å²) in [4.78, 5) is 15.1. The lowest BCUT2D eigenvalue weighted by Gasteiger charge is -2.29. The summed E-state index contributed by atoms with van der Waals surface area (Å²) in [5.41, 5.74) is 5.52. The number of amides is 1. The van der Waals surface area contributed by atoms with Crippen LogP contribution in [0, 0.1) is 19.8 Å². The van der Waals surface area contributed by atoms with Crippen molar-refractivity contribution in [3.05, 3.63) is 47.3 Å². The Kier molecular flexibility index (Phi) is 7.09. The number of hydrogen-bond acceptors (Lipinski definition) is 4. The number of ether oxygens (including phenoxy) is 1. The van der Waals surface area contributed by atoms with Gasteiger partial charge < -0.3 is 20.5 Å². The number of nitrogens with zero attached hydrogens (tertiary/aromatic N) is 1. The highest BCUT2D eigenvalue weighted by Gasteiger charge is 2.21. The van der Waals surface area contributed by atoms with Gasteiger partial charge >= 0.3 is 6.09 Å². The molecule has 156 valence electrons. The van der Waals surface area contributed by atoms with E-state index in [4.69, 9.17) is 9.84 Å². The molecule has 0 atom stereocenters. The molecule has 0 unspecified atom stereocenters. The molecule has 3 N–H and O–H groups in total. The first-order chi connectivity index (χ1) is 13.9. The van der Waals surface area contributed by atoms with Crippen molar-refractivity contribution in [1.29, 1.82) is 0 Å². The second kappa shape index (κ2) is 9.74. The third-order valence-corrected chi connectivity index (χ3v) is 5.67. The Balaban J connectivity index is 1.62. The number of methoxy groups -OCH3 is 1. The Morgan fingerprint density at radius 2 is 1.79 bits per heavy atom. The highest BCUT2D eigenvalue weighted by Crippen LogP contribution is 2.29. The molecule has 1 aromatic carbocycles.